The van der Waals surface area contributed by atoms with E-state index < -0.39 is 0 Å². The van der Waals surface area contributed by atoms with Crippen LogP contribution in [0, 0.1) is 6.92 Å². The first-order valence-corrected chi connectivity index (χ1v) is 10.0. The van der Waals surface area contributed by atoms with Crippen LogP contribution in [0.1, 0.15) is 33.8 Å². The van der Waals surface area contributed by atoms with Crippen molar-refractivity contribution < 1.29 is 9.53 Å². The molecule has 2 N–H and O–H groups in total. The average molecular weight is 395 g/mol. The molecule has 1 fully saturated rings. The van der Waals surface area contributed by atoms with Gasteiger partial charge < -0.3 is 20.3 Å². The molecule has 1 amide bonds. The number of ether oxygens (including phenoxy) is 1. The van der Waals surface area contributed by atoms with Crippen LogP contribution in [-0.4, -0.2) is 57.1 Å². The standard InChI is InChI=1S/C23H30N4O2/c1-17-5-4-6-19(15-17)22(28)25-12-13-26-23(24-2)27-14-11-20(16-27)18-7-9-21(29-3)10-8-18/h4-10,15,20H,11-14,16H2,1-3H3,(H,24,26)(H,25,28). The SMILES string of the molecule is CN=C(NCCNC(=O)c1cccc(C)c1)N1CCC(c2ccc(OC)cc2)C1. The van der Waals surface area contributed by atoms with Crippen molar-refractivity contribution in [3.63, 3.8) is 0 Å². The Hall–Kier alpha value is -3.02. The highest BCUT2D eigenvalue weighted by molar-refractivity contribution is 5.94. The molecule has 6 heteroatoms. The predicted molar refractivity (Wildman–Crippen MR) is 117 cm³/mol. The monoisotopic (exact) mass is 394 g/mol. The summed E-state index contributed by atoms with van der Waals surface area (Å²) in [5.41, 5.74) is 3.10. The Balaban J connectivity index is 1.45. The summed E-state index contributed by atoms with van der Waals surface area (Å²) < 4.78 is 5.24. The largest absolute Gasteiger partial charge is 0.497 e. The van der Waals surface area contributed by atoms with Crippen LogP contribution >= 0.6 is 0 Å². The number of aliphatic imine (C=N–C) groups is 1. The number of hydrogen-bond donors (Lipinski definition) is 2. The summed E-state index contributed by atoms with van der Waals surface area (Å²) in [5.74, 6) is 2.20. The van der Waals surface area contributed by atoms with Crippen LogP contribution < -0.4 is 15.4 Å². The van der Waals surface area contributed by atoms with Crippen molar-refractivity contribution in [1.82, 2.24) is 15.5 Å². The lowest BCUT2D eigenvalue weighted by Gasteiger charge is -2.22. The zero-order valence-corrected chi connectivity index (χ0v) is 17.4. The number of benzene rings is 2. The summed E-state index contributed by atoms with van der Waals surface area (Å²) in [7, 11) is 3.49. The van der Waals surface area contributed by atoms with Gasteiger partial charge in [-0.2, -0.15) is 0 Å². The summed E-state index contributed by atoms with van der Waals surface area (Å²) in [6, 6.07) is 15.9. The van der Waals surface area contributed by atoms with Gasteiger partial charge in [0.15, 0.2) is 5.96 Å². The topological polar surface area (TPSA) is 66.0 Å². The first-order chi connectivity index (χ1) is 14.1. The van der Waals surface area contributed by atoms with Crippen LogP contribution in [0.4, 0.5) is 0 Å². The number of hydrogen-bond acceptors (Lipinski definition) is 3. The van der Waals surface area contributed by atoms with Gasteiger partial charge in [-0.05, 0) is 43.2 Å². The minimum atomic E-state index is -0.0498. The van der Waals surface area contributed by atoms with Gasteiger partial charge in [-0.15, -0.1) is 0 Å². The summed E-state index contributed by atoms with van der Waals surface area (Å²) >= 11 is 0. The van der Waals surface area contributed by atoms with Crippen molar-refractivity contribution in [3.8, 4) is 5.75 Å². The molecule has 0 aromatic heterocycles. The molecule has 2 aromatic carbocycles. The Labute approximate surface area is 173 Å². The Kier molecular flexibility index (Phi) is 7.11. The van der Waals surface area contributed by atoms with E-state index in [2.05, 4.69) is 32.7 Å². The minimum Gasteiger partial charge on any atom is -0.497 e. The third-order valence-corrected chi connectivity index (χ3v) is 5.26. The van der Waals surface area contributed by atoms with Crippen molar-refractivity contribution in [3.05, 3.63) is 65.2 Å². The smallest absolute Gasteiger partial charge is 0.251 e. The molecule has 0 bridgehead atoms. The zero-order chi connectivity index (χ0) is 20.6. The van der Waals surface area contributed by atoms with Crippen LogP contribution in [0.15, 0.2) is 53.5 Å². The molecule has 1 atom stereocenters. The third kappa shape index (κ3) is 5.50. The van der Waals surface area contributed by atoms with E-state index in [1.54, 1.807) is 14.2 Å². The Morgan fingerprint density at radius 3 is 2.62 bits per heavy atom. The highest BCUT2D eigenvalue weighted by Crippen LogP contribution is 2.28. The number of nitrogens with one attached hydrogen (secondary N) is 2. The molecule has 1 aliphatic rings. The van der Waals surface area contributed by atoms with E-state index in [0.29, 0.717) is 24.6 Å². The minimum absolute atomic E-state index is 0.0498. The Morgan fingerprint density at radius 2 is 1.93 bits per heavy atom. The fourth-order valence-electron chi connectivity index (χ4n) is 3.67. The number of likely N-dealkylation sites (tertiary alicyclic amines) is 1. The van der Waals surface area contributed by atoms with E-state index in [4.69, 9.17) is 4.74 Å². The van der Waals surface area contributed by atoms with E-state index >= 15 is 0 Å². The molecule has 1 heterocycles. The van der Waals surface area contributed by atoms with Crippen LogP contribution in [0.3, 0.4) is 0 Å². The van der Waals surface area contributed by atoms with Gasteiger partial charge in [-0.25, -0.2) is 0 Å². The van der Waals surface area contributed by atoms with Crippen LogP contribution in [0.25, 0.3) is 0 Å². The molecule has 29 heavy (non-hydrogen) atoms. The number of amides is 1. The van der Waals surface area contributed by atoms with E-state index in [-0.39, 0.29) is 5.91 Å². The number of methoxy groups -OCH3 is 1. The molecule has 1 unspecified atom stereocenters. The van der Waals surface area contributed by atoms with Gasteiger partial charge in [0.1, 0.15) is 5.75 Å². The van der Waals surface area contributed by atoms with Gasteiger partial charge in [0.2, 0.25) is 0 Å². The molecule has 3 rings (SSSR count). The molecular formula is C23H30N4O2. The molecule has 154 valence electrons. The lowest BCUT2D eigenvalue weighted by atomic mass is 9.98. The van der Waals surface area contributed by atoms with Gasteiger partial charge in [0, 0.05) is 44.7 Å². The summed E-state index contributed by atoms with van der Waals surface area (Å²) in [5, 5.41) is 6.32. The molecular weight excluding hydrogens is 364 g/mol. The van der Waals surface area contributed by atoms with Crippen molar-refractivity contribution in [2.75, 3.05) is 40.3 Å². The van der Waals surface area contributed by atoms with Gasteiger partial charge in [0.05, 0.1) is 7.11 Å². The third-order valence-electron chi connectivity index (χ3n) is 5.26. The Bertz CT molecular complexity index is 848. The first-order valence-electron chi connectivity index (χ1n) is 10.0. The second-order valence-corrected chi connectivity index (χ2v) is 7.30. The second kappa shape index (κ2) is 9.96. The van der Waals surface area contributed by atoms with Gasteiger partial charge >= 0.3 is 0 Å². The van der Waals surface area contributed by atoms with Gasteiger partial charge in [-0.3, -0.25) is 9.79 Å². The maximum absolute atomic E-state index is 12.2. The molecule has 1 aliphatic heterocycles. The maximum Gasteiger partial charge on any atom is 0.251 e. The van der Waals surface area contributed by atoms with Crippen molar-refractivity contribution >= 4 is 11.9 Å². The van der Waals surface area contributed by atoms with Crippen molar-refractivity contribution in [2.45, 2.75) is 19.3 Å². The molecule has 0 aliphatic carbocycles. The second-order valence-electron chi connectivity index (χ2n) is 7.30. The summed E-state index contributed by atoms with van der Waals surface area (Å²) in [4.78, 5) is 18.9. The molecule has 0 spiro atoms. The fourth-order valence-corrected chi connectivity index (χ4v) is 3.67. The average Bonchev–Trinajstić information content (AvgIpc) is 3.23. The molecule has 0 radical (unpaired) electrons. The number of carbonyl (C=O) groups is 1. The predicted octanol–water partition coefficient (Wildman–Crippen LogP) is 2.80. The molecule has 2 aromatic rings. The molecule has 0 saturated carbocycles. The number of aryl methyl sites for hydroxylation is 1. The van der Waals surface area contributed by atoms with Gasteiger partial charge in [0.25, 0.3) is 5.91 Å². The first kappa shape index (κ1) is 20.7. The van der Waals surface area contributed by atoms with Crippen molar-refractivity contribution in [2.24, 2.45) is 4.99 Å². The van der Waals surface area contributed by atoms with E-state index in [0.717, 1.165) is 36.8 Å². The number of nitrogens with zero attached hydrogens (tertiary/aromatic N) is 2. The number of guanidine groups is 1. The summed E-state index contributed by atoms with van der Waals surface area (Å²) in [6.07, 6.45) is 1.09. The highest BCUT2D eigenvalue weighted by atomic mass is 16.5. The zero-order valence-electron chi connectivity index (χ0n) is 17.4. The van der Waals surface area contributed by atoms with E-state index in [1.165, 1.54) is 5.56 Å². The molecule has 1 saturated heterocycles. The van der Waals surface area contributed by atoms with E-state index in [1.807, 2.05) is 43.3 Å². The van der Waals surface area contributed by atoms with Crippen LogP contribution in [0.5, 0.6) is 5.75 Å². The lowest BCUT2D eigenvalue weighted by Crippen LogP contribution is -2.43. The number of carbonyl (C=O) groups excluding carboxylic acids is 1. The van der Waals surface area contributed by atoms with E-state index in [9.17, 15) is 4.79 Å². The maximum atomic E-state index is 12.2. The van der Waals surface area contributed by atoms with Crippen LogP contribution in [-0.2, 0) is 0 Å². The fraction of sp³-hybridized carbons (Fsp3) is 0.391. The van der Waals surface area contributed by atoms with Gasteiger partial charge in [-0.1, -0.05) is 29.8 Å². The number of rotatable bonds is 6. The van der Waals surface area contributed by atoms with Crippen molar-refractivity contribution in [1.29, 1.82) is 0 Å². The molecule has 6 nitrogen and oxygen atoms in total. The van der Waals surface area contributed by atoms with Crippen LogP contribution in [0.2, 0.25) is 0 Å². The highest BCUT2D eigenvalue weighted by Gasteiger charge is 2.26. The quantitative estimate of drug-likeness (QED) is 0.449. The normalized spacial score (nSPS) is 16.6. The lowest BCUT2D eigenvalue weighted by molar-refractivity contribution is 0.0954. The Morgan fingerprint density at radius 1 is 1.17 bits per heavy atom. The summed E-state index contributed by atoms with van der Waals surface area (Å²) in [6.45, 7) is 5.06.